The van der Waals surface area contributed by atoms with E-state index in [-0.39, 0.29) is 18.7 Å². The quantitative estimate of drug-likeness (QED) is 0.708. The zero-order chi connectivity index (χ0) is 13.5. The summed E-state index contributed by atoms with van der Waals surface area (Å²) in [5, 5.41) is 12.2. The minimum atomic E-state index is -0.00211. The van der Waals surface area contributed by atoms with Crippen molar-refractivity contribution in [2.75, 3.05) is 39.3 Å². The molecule has 2 N–H and O–H groups in total. The van der Waals surface area contributed by atoms with Gasteiger partial charge in [-0.3, -0.25) is 0 Å². The van der Waals surface area contributed by atoms with E-state index in [4.69, 9.17) is 0 Å². The third-order valence-corrected chi connectivity index (χ3v) is 4.22. The molecule has 0 aromatic heterocycles. The van der Waals surface area contributed by atoms with Crippen molar-refractivity contribution in [1.29, 1.82) is 0 Å². The second-order valence-corrected chi connectivity index (χ2v) is 5.66. The number of aliphatic hydroxyl groups is 1. The molecule has 0 bridgehead atoms. The summed E-state index contributed by atoms with van der Waals surface area (Å²) in [7, 11) is 0. The monoisotopic (exact) mass is 269 g/mol. The summed E-state index contributed by atoms with van der Waals surface area (Å²) in [6.07, 6.45) is 6.82. The van der Waals surface area contributed by atoms with Gasteiger partial charge in [0.25, 0.3) is 0 Å². The summed E-state index contributed by atoms with van der Waals surface area (Å²) in [5.41, 5.74) is 0. The van der Waals surface area contributed by atoms with Crippen LogP contribution in [0.1, 0.15) is 38.5 Å². The van der Waals surface area contributed by atoms with Crippen LogP contribution < -0.4 is 5.32 Å². The largest absolute Gasteiger partial charge is 0.394 e. The second-order valence-electron chi connectivity index (χ2n) is 5.66. The van der Waals surface area contributed by atoms with Crippen molar-refractivity contribution in [2.45, 2.75) is 44.6 Å². The number of urea groups is 1. The van der Waals surface area contributed by atoms with Crippen molar-refractivity contribution in [3.8, 4) is 0 Å². The lowest BCUT2D eigenvalue weighted by Crippen LogP contribution is -2.44. The first-order valence-electron chi connectivity index (χ1n) is 7.69. The molecule has 2 saturated heterocycles. The predicted octanol–water partition coefficient (Wildman–Crippen LogP) is 1.03. The number of carbonyl (C=O) groups is 1. The van der Waals surface area contributed by atoms with Crippen LogP contribution in [0.4, 0.5) is 4.79 Å². The third-order valence-electron chi connectivity index (χ3n) is 4.22. The van der Waals surface area contributed by atoms with Crippen molar-refractivity contribution in [1.82, 2.24) is 15.1 Å². The summed E-state index contributed by atoms with van der Waals surface area (Å²) >= 11 is 0. The molecule has 5 heteroatoms. The van der Waals surface area contributed by atoms with Gasteiger partial charge in [0.05, 0.1) is 12.6 Å². The first-order valence-corrected chi connectivity index (χ1v) is 7.69. The molecule has 2 heterocycles. The van der Waals surface area contributed by atoms with Crippen LogP contribution >= 0.6 is 0 Å². The Morgan fingerprint density at radius 1 is 1.16 bits per heavy atom. The second kappa shape index (κ2) is 7.70. The van der Waals surface area contributed by atoms with Crippen molar-refractivity contribution >= 4 is 6.03 Å². The minimum Gasteiger partial charge on any atom is -0.394 e. The van der Waals surface area contributed by atoms with Gasteiger partial charge in [-0.05, 0) is 58.2 Å². The minimum absolute atomic E-state index is 0.00211. The van der Waals surface area contributed by atoms with E-state index in [0.717, 1.165) is 38.8 Å². The number of hydrogen-bond acceptors (Lipinski definition) is 3. The van der Waals surface area contributed by atoms with E-state index in [9.17, 15) is 9.90 Å². The Balaban J connectivity index is 1.53. The predicted molar refractivity (Wildman–Crippen MR) is 75.1 cm³/mol. The van der Waals surface area contributed by atoms with Crippen LogP contribution in [0.2, 0.25) is 0 Å². The molecule has 0 spiro atoms. The summed E-state index contributed by atoms with van der Waals surface area (Å²) in [5.74, 6) is 0. The number of carbonyl (C=O) groups excluding carboxylic acids is 1. The normalized spacial score (nSPS) is 24.1. The van der Waals surface area contributed by atoms with Crippen LogP contribution in [-0.2, 0) is 0 Å². The molecule has 1 atom stereocenters. The Kier molecular flexibility index (Phi) is 5.92. The maximum atomic E-state index is 11.9. The van der Waals surface area contributed by atoms with Gasteiger partial charge < -0.3 is 20.2 Å². The average molecular weight is 269 g/mol. The van der Waals surface area contributed by atoms with E-state index in [2.05, 4.69) is 10.2 Å². The highest BCUT2D eigenvalue weighted by atomic mass is 16.3. The van der Waals surface area contributed by atoms with Gasteiger partial charge in [0, 0.05) is 13.1 Å². The van der Waals surface area contributed by atoms with E-state index in [1.165, 1.54) is 32.5 Å². The Labute approximate surface area is 115 Å². The van der Waals surface area contributed by atoms with Gasteiger partial charge in [-0.15, -0.1) is 0 Å². The number of amides is 2. The van der Waals surface area contributed by atoms with Gasteiger partial charge in [-0.1, -0.05) is 0 Å². The summed E-state index contributed by atoms with van der Waals surface area (Å²) in [4.78, 5) is 16.2. The van der Waals surface area contributed by atoms with Gasteiger partial charge >= 0.3 is 6.03 Å². The standard InChI is InChI=1S/C14H27N3O2/c18-12-13-6-5-11-17(13)14(19)15-7-1-2-8-16-9-3-4-10-16/h13,18H,1-12H2,(H,15,19). The molecule has 0 radical (unpaired) electrons. The van der Waals surface area contributed by atoms with E-state index in [1.54, 1.807) is 4.90 Å². The first kappa shape index (κ1) is 14.6. The van der Waals surface area contributed by atoms with E-state index in [1.807, 2.05) is 0 Å². The Hall–Kier alpha value is -0.810. The van der Waals surface area contributed by atoms with E-state index >= 15 is 0 Å². The lowest BCUT2D eigenvalue weighted by molar-refractivity contribution is 0.157. The number of nitrogens with one attached hydrogen (secondary N) is 1. The summed E-state index contributed by atoms with van der Waals surface area (Å²) in [6.45, 7) is 5.28. The first-order chi connectivity index (χ1) is 9.31. The summed E-state index contributed by atoms with van der Waals surface area (Å²) in [6, 6.07) is 0.0299. The lowest BCUT2D eigenvalue weighted by atomic mass is 10.2. The van der Waals surface area contributed by atoms with Crippen molar-refractivity contribution in [3.63, 3.8) is 0 Å². The molecule has 5 nitrogen and oxygen atoms in total. The molecular formula is C14H27N3O2. The summed E-state index contributed by atoms with van der Waals surface area (Å²) < 4.78 is 0. The molecule has 2 rings (SSSR count). The number of rotatable bonds is 6. The van der Waals surface area contributed by atoms with E-state index < -0.39 is 0 Å². The number of likely N-dealkylation sites (tertiary alicyclic amines) is 2. The molecule has 2 aliphatic rings. The smallest absolute Gasteiger partial charge is 0.317 e. The molecule has 2 amide bonds. The van der Waals surface area contributed by atoms with Crippen molar-refractivity contribution in [2.24, 2.45) is 0 Å². The average Bonchev–Trinajstić information content (AvgIpc) is 3.08. The zero-order valence-electron chi connectivity index (χ0n) is 11.8. The highest BCUT2D eigenvalue weighted by Gasteiger charge is 2.27. The van der Waals surface area contributed by atoms with Gasteiger partial charge in [0.15, 0.2) is 0 Å². The highest BCUT2D eigenvalue weighted by Crippen LogP contribution is 2.16. The third kappa shape index (κ3) is 4.35. The molecule has 0 saturated carbocycles. The lowest BCUT2D eigenvalue weighted by Gasteiger charge is -2.23. The molecule has 0 aromatic rings. The Morgan fingerprint density at radius 3 is 2.68 bits per heavy atom. The maximum Gasteiger partial charge on any atom is 0.317 e. The molecular weight excluding hydrogens is 242 g/mol. The topological polar surface area (TPSA) is 55.8 Å². The maximum absolute atomic E-state index is 11.9. The van der Waals surface area contributed by atoms with Gasteiger partial charge in [0.2, 0.25) is 0 Å². The molecule has 0 aromatic carbocycles. The molecule has 2 fully saturated rings. The number of hydrogen-bond donors (Lipinski definition) is 2. The fraction of sp³-hybridized carbons (Fsp3) is 0.929. The van der Waals surface area contributed by atoms with Crippen LogP contribution in [-0.4, -0.2) is 66.3 Å². The fourth-order valence-corrected chi connectivity index (χ4v) is 3.06. The molecule has 19 heavy (non-hydrogen) atoms. The van der Waals surface area contributed by atoms with Crippen LogP contribution in [0, 0.1) is 0 Å². The Bertz CT molecular complexity index is 280. The molecule has 2 aliphatic heterocycles. The van der Waals surface area contributed by atoms with E-state index in [0.29, 0.717) is 0 Å². The van der Waals surface area contributed by atoms with Crippen LogP contribution in [0.25, 0.3) is 0 Å². The van der Waals surface area contributed by atoms with Gasteiger partial charge in [0.1, 0.15) is 0 Å². The van der Waals surface area contributed by atoms with Gasteiger partial charge in [-0.25, -0.2) is 4.79 Å². The zero-order valence-corrected chi connectivity index (χ0v) is 11.8. The number of unbranched alkanes of at least 4 members (excludes halogenated alkanes) is 1. The van der Waals surface area contributed by atoms with Crippen LogP contribution in [0.3, 0.4) is 0 Å². The molecule has 110 valence electrons. The number of nitrogens with zero attached hydrogens (tertiary/aromatic N) is 2. The molecule has 1 unspecified atom stereocenters. The highest BCUT2D eigenvalue weighted by molar-refractivity contribution is 5.74. The Morgan fingerprint density at radius 2 is 1.95 bits per heavy atom. The van der Waals surface area contributed by atoms with Crippen molar-refractivity contribution < 1.29 is 9.90 Å². The SMILES string of the molecule is O=C(NCCCCN1CCCC1)N1CCCC1CO. The molecule has 0 aliphatic carbocycles. The van der Waals surface area contributed by atoms with Crippen LogP contribution in [0.15, 0.2) is 0 Å². The van der Waals surface area contributed by atoms with Crippen molar-refractivity contribution in [3.05, 3.63) is 0 Å². The fourth-order valence-electron chi connectivity index (χ4n) is 3.06. The van der Waals surface area contributed by atoms with Crippen LogP contribution in [0.5, 0.6) is 0 Å². The number of aliphatic hydroxyl groups excluding tert-OH is 1. The van der Waals surface area contributed by atoms with Gasteiger partial charge in [-0.2, -0.15) is 0 Å².